The van der Waals surface area contributed by atoms with E-state index < -0.39 is 0 Å². The highest BCUT2D eigenvalue weighted by molar-refractivity contribution is 5.85. The van der Waals surface area contributed by atoms with Crippen LogP contribution in [-0.4, -0.2) is 31.6 Å². The molecule has 1 aromatic rings. The van der Waals surface area contributed by atoms with Crippen LogP contribution < -0.4 is 4.74 Å². The van der Waals surface area contributed by atoms with Crippen LogP contribution in [0, 0.1) is 5.92 Å². The van der Waals surface area contributed by atoms with Crippen LogP contribution >= 0.6 is 12.4 Å². The fraction of sp³-hybridized carbons (Fsp3) is 0.538. The summed E-state index contributed by atoms with van der Waals surface area (Å²) in [5.41, 5.74) is 0. The topological polar surface area (TPSA) is 12.5 Å². The minimum absolute atomic E-state index is 0. The Morgan fingerprint density at radius 1 is 1.31 bits per heavy atom. The monoisotopic (exact) mass is 241 g/mol. The minimum atomic E-state index is 0. The zero-order chi connectivity index (χ0) is 10.5. The van der Waals surface area contributed by atoms with Crippen LogP contribution in [0.4, 0.5) is 0 Å². The van der Waals surface area contributed by atoms with E-state index in [9.17, 15) is 0 Å². The zero-order valence-corrected chi connectivity index (χ0v) is 10.6. The second kappa shape index (κ2) is 6.77. The van der Waals surface area contributed by atoms with Gasteiger partial charge in [0.05, 0.1) is 6.61 Å². The maximum absolute atomic E-state index is 5.77. The lowest BCUT2D eigenvalue weighted by Gasteiger charge is -2.29. The number of hydrogen-bond acceptors (Lipinski definition) is 2. The van der Waals surface area contributed by atoms with Gasteiger partial charge in [-0.25, -0.2) is 0 Å². The predicted molar refractivity (Wildman–Crippen MR) is 69.4 cm³/mol. The first-order valence-corrected chi connectivity index (χ1v) is 5.71. The fourth-order valence-electron chi connectivity index (χ4n) is 2.14. The third-order valence-corrected chi connectivity index (χ3v) is 2.95. The summed E-state index contributed by atoms with van der Waals surface area (Å²) in [5, 5.41) is 0. The number of likely N-dealkylation sites (tertiary alicyclic amines) is 1. The summed E-state index contributed by atoms with van der Waals surface area (Å²) in [4.78, 5) is 2.39. The number of halogens is 1. The van der Waals surface area contributed by atoms with Gasteiger partial charge in [0.15, 0.2) is 0 Å². The van der Waals surface area contributed by atoms with Crippen molar-refractivity contribution in [2.24, 2.45) is 5.92 Å². The molecule has 2 nitrogen and oxygen atoms in total. The molecule has 0 saturated carbocycles. The quantitative estimate of drug-likeness (QED) is 0.807. The number of benzene rings is 1. The molecule has 1 fully saturated rings. The van der Waals surface area contributed by atoms with Gasteiger partial charge in [0.2, 0.25) is 0 Å². The van der Waals surface area contributed by atoms with Crippen molar-refractivity contribution in [3.63, 3.8) is 0 Å². The van der Waals surface area contributed by atoms with Crippen molar-refractivity contribution in [1.82, 2.24) is 4.90 Å². The van der Waals surface area contributed by atoms with E-state index in [2.05, 4.69) is 11.9 Å². The minimum Gasteiger partial charge on any atom is -0.493 e. The van der Waals surface area contributed by atoms with Gasteiger partial charge in [-0.2, -0.15) is 0 Å². The van der Waals surface area contributed by atoms with E-state index in [-0.39, 0.29) is 12.4 Å². The van der Waals surface area contributed by atoms with Crippen molar-refractivity contribution >= 4 is 12.4 Å². The molecule has 1 aliphatic rings. The SMILES string of the molecule is CN1CCC[C@@H](COc2ccccc2)C1.Cl. The van der Waals surface area contributed by atoms with Gasteiger partial charge in [0, 0.05) is 12.5 Å². The van der Waals surface area contributed by atoms with E-state index >= 15 is 0 Å². The molecule has 90 valence electrons. The van der Waals surface area contributed by atoms with Crippen molar-refractivity contribution in [3.8, 4) is 5.75 Å². The molecule has 1 aliphatic heterocycles. The van der Waals surface area contributed by atoms with Crippen molar-refractivity contribution < 1.29 is 4.74 Å². The summed E-state index contributed by atoms with van der Waals surface area (Å²) in [6.07, 6.45) is 2.61. The molecule has 1 heterocycles. The van der Waals surface area contributed by atoms with Crippen LogP contribution in [0.5, 0.6) is 5.75 Å². The number of para-hydroxylation sites is 1. The Labute approximate surface area is 104 Å². The summed E-state index contributed by atoms with van der Waals surface area (Å²) in [6, 6.07) is 10.1. The summed E-state index contributed by atoms with van der Waals surface area (Å²) in [5.74, 6) is 1.69. The molecular formula is C13H20ClNO. The highest BCUT2D eigenvalue weighted by Gasteiger charge is 2.17. The Kier molecular flexibility index (Phi) is 5.64. The average Bonchev–Trinajstić information content (AvgIpc) is 2.28. The molecule has 3 heteroatoms. The average molecular weight is 242 g/mol. The van der Waals surface area contributed by atoms with Gasteiger partial charge < -0.3 is 9.64 Å². The summed E-state index contributed by atoms with van der Waals surface area (Å²) < 4.78 is 5.77. The predicted octanol–water partition coefficient (Wildman–Crippen LogP) is 2.83. The number of ether oxygens (including phenoxy) is 1. The number of rotatable bonds is 3. The Hall–Kier alpha value is -0.730. The van der Waals surface area contributed by atoms with Gasteiger partial charge in [0.25, 0.3) is 0 Å². The van der Waals surface area contributed by atoms with Crippen LogP contribution in [-0.2, 0) is 0 Å². The van der Waals surface area contributed by atoms with E-state index in [1.165, 1.54) is 25.9 Å². The molecular weight excluding hydrogens is 222 g/mol. The molecule has 0 spiro atoms. The Morgan fingerprint density at radius 2 is 2.06 bits per heavy atom. The van der Waals surface area contributed by atoms with Gasteiger partial charge in [-0.3, -0.25) is 0 Å². The van der Waals surface area contributed by atoms with E-state index in [0.717, 1.165) is 12.4 Å². The van der Waals surface area contributed by atoms with Crippen molar-refractivity contribution in [3.05, 3.63) is 30.3 Å². The van der Waals surface area contributed by atoms with Crippen LogP contribution in [0.15, 0.2) is 30.3 Å². The molecule has 0 bridgehead atoms. The number of piperidine rings is 1. The molecule has 0 aliphatic carbocycles. The van der Waals surface area contributed by atoms with Gasteiger partial charge in [0.1, 0.15) is 5.75 Å². The summed E-state index contributed by atoms with van der Waals surface area (Å²) >= 11 is 0. The van der Waals surface area contributed by atoms with Gasteiger partial charge in [-0.15, -0.1) is 12.4 Å². The van der Waals surface area contributed by atoms with Crippen LogP contribution in [0.3, 0.4) is 0 Å². The van der Waals surface area contributed by atoms with Crippen molar-refractivity contribution in [1.29, 1.82) is 0 Å². The van der Waals surface area contributed by atoms with Crippen molar-refractivity contribution in [2.75, 3.05) is 26.7 Å². The summed E-state index contributed by atoms with van der Waals surface area (Å²) in [6.45, 7) is 3.27. The third-order valence-electron chi connectivity index (χ3n) is 2.95. The zero-order valence-electron chi connectivity index (χ0n) is 9.76. The van der Waals surface area contributed by atoms with Crippen LogP contribution in [0.25, 0.3) is 0 Å². The molecule has 0 amide bonds. The van der Waals surface area contributed by atoms with Crippen molar-refractivity contribution in [2.45, 2.75) is 12.8 Å². The van der Waals surface area contributed by atoms with Gasteiger partial charge in [-0.05, 0) is 38.6 Å². The fourth-order valence-corrected chi connectivity index (χ4v) is 2.14. The molecule has 0 radical (unpaired) electrons. The van der Waals surface area contributed by atoms with E-state index in [1.807, 2.05) is 30.3 Å². The van der Waals surface area contributed by atoms with Crippen LogP contribution in [0.2, 0.25) is 0 Å². The van der Waals surface area contributed by atoms with E-state index in [4.69, 9.17) is 4.74 Å². The first-order valence-electron chi connectivity index (χ1n) is 5.71. The third kappa shape index (κ3) is 4.03. The molecule has 16 heavy (non-hydrogen) atoms. The molecule has 0 aromatic heterocycles. The normalized spacial score (nSPS) is 21.2. The van der Waals surface area contributed by atoms with Gasteiger partial charge in [-0.1, -0.05) is 18.2 Å². The van der Waals surface area contributed by atoms with E-state index in [0.29, 0.717) is 5.92 Å². The number of nitrogens with zero attached hydrogens (tertiary/aromatic N) is 1. The van der Waals surface area contributed by atoms with E-state index in [1.54, 1.807) is 0 Å². The Balaban J connectivity index is 0.00000128. The maximum Gasteiger partial charge on any atom is 0.119 e. The Morgan fingerprint density at radius 3 is 2.75 bits per heavy atom. The highest BCUT2D eigenvalue weighted by atomic mass is 35.5. The molecule has 1 saturated heterocycles. The largest absolute Gasteiger partial charge is 0.493 e. The lowest BCUT2D eigenvalue weighted by atomic mass is 10.00. The van der Waals surface area contributed by atoms with Gasteiger partial charge >= 0.3 is 0 Å². The maximum atomic E-state index is 5.77. The second-order valence-electron chi connectivity index (χ2n) is 4.39. The molecule has 0 N–H and O–H groups in total. The lowest BCUT2D eigenvalue weighted by molar-refractivity contribution is 0.150. The first kappa shape index (κ1) is 13.3. The molecule has 1 aromatic carbocycles. The standard InChI is InChI=1S/C13H19NO.ClH/c1-14-9-5-6-12(10-14)11-15-13-7-3-2-4-8-13;/h2-4,7-8,12H,5-6,9-11H2,1H3;1H/t12-;/m1./s1. The summed E-state index contributed by atoms with van der Waals surface area (Å²) in [7, 11) is 2.19. The number of hydrogen-bond donors (Lipinski definition) is 0. The Bertz CT molecular complexity index is 291. The lowest BCUT2D eigenvalue weighted by Crippen LogP contribution is -2.34. The second-order valence-corrected chi connectivity index (χ2v) is 4.39. The van der Waals surface area contributed by atoms with Crippen LogP contribution in [0.1, 0.15) is 12.8 Å². The molecule has 1 atom stereocenters. The molecule has 2 rings (SSSR count). The highest BCUT2D eigenvalue weighted by Crippen LogP contribution is 2.17. The smallest absolute Gasteiger partial charge is 0.119 e. The molecule has 0 unspecified atom stereocenters. The first-order chi connectivity index (χ1) is 7.34.